The number of anilines is 2. The van der Waals surface area contributed by atoms with Gasteiger partial charge < -0.3 is 10.1 Å². The number of fused-ring (bicyclic) bond motifs is 1. The van der Waals surface area contributed by atoms with Gasteiger partial charge in [-0.15, -0.1) is 0 Å². The zero-order chi connectivity index (χ0) is 22.8. The third-order valence-electron chi connectivity index (χ3n) is 5.71. The average molecular weight is 458 g/mol. The summed E-state index contributed by atoms with van der Waals surface area (Å²) in [6.45, 7) is 2.74. The molecule has 1 unspecified atom stereocenters. The zero-order valence-corrected chi connectivity index (χ0v) is 19.0. The van der Waals surface area contributed by atoms with Gasteiger partial charge in [0.15, 0.2) is 0 Å². The molecule has 2 heterocycles. The molecule has 5 rings (SSSR count). The lowest BCUT2D eigenvalue weighted by Gasteiger charge is -2.27. The zero-order valence-electron chi connectivity index (χ0n) is 18.2. The van der Waals surface area contributed by atoms with Gasteiger partial charge in [0, 0.05) is 28.4 Å². The fraction of sp³-hybridized carbons (Fsp3) is 0.154. The van der Waals surface area contributed by atoms with Crippen LogP contribution in [0.5, 0.6) is 0 Å². The maximum atomic E-state index is 13.0. The Morgan fingerprint density at radius 2 is 1.88 bits per heavy atom. The number of hydrogen-bond donors (Lipinski definition) is 1. The number of carbonyl (C=O) groups excluding carboxylic acids is 1. The number of rotatable bonds is 4. The fourth-order valence-electron chi connectivity index (χ4n) is 3.87. The molecule has 0 aliphatic carbocycles. The van der Waals surface area contributed by atoms with Crippen LogP contribution in [0.15, 0.2) is 79.0 Å². The first-order valence-electron chi connectivity index (χ1n) is 10.7. The number of carbonyl (C=O) groups is 1. The highest BCUT2D eigenvalue weighted by atomic mass is 32.2. The fourth-order valence-corrected chi connectivity index (χ4v) is 4.90. The van der Waals surface area contributed by atoms with Crippen molar-refractivity contribution in [2.75, 3.05) is 28.7 Å². The molecule has 1 atom stereocenters. The molecule has 1 aromatic heterocycles. The maximum Gasteiger partial charge on any atom is 0.255 e. The Morgan fingerprint density at radius 3 is 2.70 bits per heavy atom. The van der Waals surface area contributed by atoms with Gasteiger partial charge in [-0.2, -0.15) is 0 Å². The van der Waals surface area contributed by atoms with E-state index in [2.05, 4.69) is 22.4 Å². The minimum absolute atomic E-state index is 0.205. The van der Waals surface area contributed by atoms with Gasteiger partial charge in [0.1, 0.15) is 17.7 Å². The number of hydrogen-bond acceptors (Lipinski definition) is 4. The Labute approximate surface area is 194 Å². The molecule has 33 heavy (non-hydrogen) atoms. The van der Waals surface area contributed by atoms with Crippen LogP contribution in [0.1, 0.15) is 15.9 Å². The normalized spacial score (nSPS) is 16.0. The Bertz CT molecular complexity index is 1350. The Kier molecular flexibility index (Phi) is 5.90. The summed E-state index contributed by atoms with van der Waals surface area (Å²) in [6.07, 6.45) is 1.80. The number of pyridine rings is 1. The number of nitrogens with one attached hydrogen (secondary N) is 1. The lowest BCUT2D eigenvalue weighted by atomic mass is 10.0. The average Bonchev–Trinajstić information content (AvgIpc) is 2.85. The van der Waals surface area contributed by atoms with E-state index in [9.17, 15) is 9.00 Å². The summed E-state index contributed by atoms with van der Waals surface area (Å²) in [5.41, 5.74) is 4.81. The molecule has 1 aliphatic heterocycles. The van der Waals surface area contributed by atoms with E-state index in [1.165, 1.54) is 0 Å². The van der Waals surface area contributed by atoms with E-state index in [0.717, 1.165) is 39.0 Å². The van der Waals surface area contributed by atoms with Crippen molar-refractivity contribution in [1.82, 2.24) is 4.98 Å². The predicted octanol–water partition coefficient (Wildman–Crippen LogP) is 4.92. The highest BCUT2D eigenvalue weighted by Gasteiger charge is 2.19. The summed E-state index contributed by atoms with van der Waals surface area (Å²) >= 11 is 0. The van der Waals surface area contributed by atoms with Crippen LogP contribution in [0.25, 0.3) is 22.0 Å². The van der Waals surface area contributed by atoms with E-state index in [1.54, 1.807) is 34.8 Å². The van der Waals surface area contributed by atoms with E-state index < -0.39 is 11.0 Å². The first-order valence-corrected chi connectivity index (χ1v) is 12.0. The molecule has 1 aliphatic rings. The van der Waals surface area contributed by atoms with Crippen molar-refractivity contribution in [1.29, 1.82) is 0 Å². The van der Waals surface area contributed by atoms with E-state index in [4.69, 9.17) is 4.74 Å². The van der Waals surface area contributed by atoms with Crippen molar-refractivity contribution in [3.8, 4) is 11.3 Å². The van der Waals surface area contributed by atoms with Crippen LogP contribution in [0.4, 0.5) is 11.4 Å². The van der Waals surface area contributed by atoms with Crippen LogP contribution in [0.2, 0.25) is 0 Å². The molecule has 0 radical (unpaired) electrons. The molecule has 6 nitrogen and oxygen atoms in total. The number of aromatic nitrogens is 1. The van der Waals surface area contributed by atoms with Crippen LogP contribution in [-0.4, -0.2) is 34.2 Å². The quantitative estimate of drug-likeness (QED) is 0.472. The van der Waals surface area contributed by atoms with Crippen molar-refractivity contribution in [3.63, 3.8) is 0 Å². The van der Waals surface area contributed by atoms with Crippen molar-refractivity contribution >= 4 is 39.0 Å². The van der Waals surface area contributed by atoms with Gasteiger partial charge in [0.25, 0.3) is 5.91 Å². The smallest absolute Gasteiger partial charge is 0.255 e. The molecule has 1 saturated heterocycles. The van der Waals surface area contributed by atoms with Gasteiger partial charge >= 0.3 is 0 Å². The second-order valence-corrected chi connectivity index (χ2v) is 9.34. The molecule has 1 fully saturated rings. The molecular formula is C26H23N3O3S. The van der Waals surface area contributed by atoms with Gasteiger partial charge in [-0.3, -0.25) is 14.1 Å². The molecule has 0 spiro atoms. The summed E-state index contributed by atoms with van der Waals surface area (Å²) in [7, 11) is -1.11. The third kappa shape index (κ3) is 4.37. The van der Waals surface area contributed by atoms with Gasteiger partial charge in [-0.1, -0.05) is 36.4 Å². The van der Waals surface area contributed by atoms with Gasteiger partial charge in [-0.05, 0) is 54.3 Å². The SMILES string of the molecule is Cc1ccc(-c2nccc3ccccc23)cc1NC(=O)c1ccc(N2COCCS2=O)cc1. The van der Waals surface area contributed by atoms with E-state index >= 15 is 0 Å². The van der Waals surface area contributed by atoms with Gasteiger partial charge in [0.2, 0.25) is 0 Å². The summed E-state index contributed by atoms with van der Waals surface area (Å²) in [5, 5.41) is 5.21. The molecular weight excluding hydrogens is 434 g/mol. The second-order valence-electron chi connectivity index (χ2n) is 7.85. The van der Waals surface area contributed by atoms with Crippen LogP contribution in [0.3, 0.4) is 0 Å². The Hall–Kier alpha value is -3.55. The third-order valence-corrected chi connectivity index (χ3v) is 7.03. The topological polar surface area (TPSA) is 71.5 Å². The molecule has 0 saturated carbocycles. The van der Waals surface area contributed by atoms with Crippen molar-refractivity contribution in [3.05, 3.63) is 90.1 Å². The van der Waals surface area contributed by atoms with Gasteiger partial charge in [0.05, 0.1) is 23.7 Å². The largest absolute Gasteiger partial charge is 0.359 e. The number of benzene rings is 3. The van der Waals surface area contributed by atoms with Crippen molar-refractivity contribution in [2.24, 2.45) is 0 Å². The second kappa shape index (κ2) is 9.13. The molecule has 0 bridgehead atoms. The first-order chi connectivity index (χ1) is 16.1. The maximum absolute atomic E-state index is 13.0. The van der Waals surface area contributed by atoms with Crippen LogP contribution < -0.4 is 9.62 Å². The Morgan fingerprint density at radius 1 is 1.06 bits per heavy atom. The number of amides is 1. The molecule has 4 aromatic rings. The molecule has 166 valence electrons. The highest BCUT2D eigenvalue weighted by Crippen LogP contribution is 2.30. The summed E-state index contributed by atoms with van der Waals surface area (Å²) in [4.78, 5) is 17.5. The molecule has 1 N–H and O–H groups in total. The van der Waals surface area contributed by atoms with Crippen molar-refractivity contribution in [2.45, 2.75) is 6.92 Å². The molecule has 7 heteroatoms. The lowest BCUT2D eigenvalue weighted by molar-refractivity contribution is 0.102. The van der Waals surface area contributed by atoms with Crippen LogP contribution >= 0.6 is 0 Å². The van der Waals surface area contributed by atoms with Crippen LogP contribution in [-0.2, 0) is 15.7 Å². The van der Waals surface area contributed by atoms with Gasteiger partial charge in [-0.25, -0.2) is 4.21 Å². The minimum Gasteiger partial charge on any atom is -0.359 e. The first kappa shape index (κ1) is 21.3. The molecule has 3 aromatic carbocycles. The number of ether oxygens (including phenoxy) is 1. The minimum atomic E-state index is -1.11. The number of nitrogens with zero attached hydrogens (tertiary/aromatic N) is 2. The van der Waals surface area contributed by atoms with Crippen LogP contribution in [0, 0.1) is 6.92 Å². The Balaban J connectivity index is 1.39. The van der Waals surface area contributed by atoms with E-state index in [0.29, 0.717) is 17.9 Å². The summed E-state index contributed by atoms with van der Waals surface area (Å²) in [5.74, 6) is 0.271. The molecule has 1 amide bonds. The predicted molar refractivity (Wildman–Crippen MR) is 133 cm³/mol. The lowest BCUT2D eigenvalue weighted by Crippen LogP contribution is -2.36. The standard InChI is InChI=1S/C26H23N3O3S/c1-18-6-7-21(25-23-5-3-2-4-19(23)12-13-27-25)16-24(18)28-26(30)20-8-10-22(11-9-20)29-17-32-14-15-33(29)31/h2-13,16H,14-15,17H2,1H3,(H,28,30). The van der Waals surface area contributed by atoms with E-state index in [1.807, 2.05) is 43.3 Å². The summed E-state index contributed by atoms with van der Waals surface area (Å²) in [6, 6.07) is 23.2. The summed E-state index contributed by atoms with van der Waals surface area (Å²) < 4.78 is 19.3. The monoisotopic (exact) mass is 457 g/mol. The highest BCUT2D eigenvalue weighted by molar-refractivity contribution is 7.86. The number of aryl methyl sites for hydroxylation is 1. The van der Waals surface area contributed by atoms with E-state index in [-0.39, 0.29) is 12.6 Å². The van der Waals surface area contributed by atoms with Crippen molar-refractivity contribution < 1.29 is 13.7 Å².